The molecule has 0 bridgehead atoms. The summed E-state index contributed by atoms with van der Waals surface area (Å²) in [5.41, 5.74) is 2.96. The number of aromatic amines is 1. The Kier molecular flexibility index (Phi) is 8.06. The van der Waals surface area contributed by atoms with Crippen LogP contribution in [-0.2, 0) is 6.42 Å². The third-order valence-corrected chi connectivity index (χ3v) is 8.11. The van der Waals surface area contributed by atoms with Crippen molar-refractivity contribution in [2.75, 3.05) is 20.2 Å². The number of nitrogens with zero attached hydrogens (tertiary/aromatic N) is 2. The number of para-hydroxylation sites is 1. The Morgan fingerprint density at radius 1 is 1.24 bits per heavy atom. The number of methoxy groups -OCH3 is 1. The average Bonchev–Trinajstić information content (AvgIpc) is 3.17. The summed E-state index contributed by atoms with van der Waals surface area (Å²) in [4.78, 5) is 30.4. The van der Waals surface area contributed by atoms with Gasteiger partial charge in [-0.1, -0.05) is 25.1 Å². The Bertz CT molecular complexity index is 1380. The number of piperidine rings is 1. The summed E-state index contributed by atoms with van der Waals surface area (Å²) in [6, 6.07) is 7.61. The van der Waals surface area contributed by atoms with Crippen LogP contribution in [0.1, 0.15) is 66.5 Å². The summed E-state index contributed by atoms with van der Waals surface area (Å²) in [6.07, 6.45) is -3.26. The SMILES string of the molecule is CCN1CCC(C(C)n2c(C)c(C(=O)CCc3c(OC)cc(C)[nH]c3=O)c3ccccc32)CC1C(F)(F)F. The molecule has 1 aromatic carbocycles. The molecule has 0 spiro atoms. The smallest absolute Gasteiger partial charge is 0.404 e. The zero-order chi connectivity index (χ0) is 27.8. The summed E-state index contributed by atoms with van der Waals surface area (Å²) < 4.78 is 49.0. The van der Waals surface area contributed by atoms with Gasteiger partial charge in [0, 0.05) is 40.3 Å². The fraction of sp³-hybridized carbons (Fsp3) is 0.517. The molecule has 3 atom stereocenters. The van der Waals surface area contributed by atoms with E-state index in [0.29, 0.717) is 42.1 Å². The standard InChI is InChI=1S/C29H36F3N3O3/c1-6-34-14-13-20(16-26(34)29(30,31)32)18(3)35-19(4)27(21-9-7-8-10-23(21)35)24(36)12-11-22-25(38-5)15-17(2)33-28(22)37/h7-10,15,18,20,26H,6,11-14,16H2,1-5H3,(H,33,37). The lowest BCUT2D eigenvalue weighted by Crippen LogP contribution is -2.51. The Hall–Kier alpha value is -3.07. The number of hydrogen-bond acceptors (Lipinski definition) is 4. The second-order valence-corrected chi connectivity index (χ2v) is 10.3. The number of aryl methyl sites for hydroxylation is 1. The van der Waals surface area contributed by atoms with E-state index in [1.54, 1.807) is 19.9 Å². The van der Waals surface area contributed by atoms with Crippen LogP contribution in [0.2, 0.25) is 0 Å². The second kappa shape index (κ2) is 11.0. The van der Waals surface area contributed by atoms with Gasteiger partial charge in [0.05, 0.1) is 12.7 Å². The van der Waals surface area contributed by atoms with Crippen LogP contribution in [0.15, 0.2) is 35.1 Å². The summed E-state index contributed by atoms with van der Waals surface area (Å²) in [6.45, 7) is 8.12. The molecule has 2 aromatic heterocycles. The lowest BCUT2D eigenvalue weighted by Gasteiger charge is -2.42. The van der Waals surface area contributed by atoms with Crippen molar-refractivity contribution in [1.82, 2.24) is 14.5 Å². The molecule has 3 heterocycles. The molecule has 6 nitrogen and oxygen atoms in total. The number of likely N-dealkylation sites (tertiary alicyclic amines) is 1. The first-order chi connectivity index (χ1) is 18.0. The first-order valence-electron chi connectivity index (χ1n) is 13.2. The fourth-order valence-corrected chi connectivity index (χ4v) is 6.15. The van der Waals surface area contributed by atoms with E-state index in [2.05, 4.69) is 4.98 Å². The maximum absolute atomic E-state index is 13.9. The van der Waals surface area contributed by atoms with Gasteiger partial charge >= 0.3 is 6.18 Å². The number of H-pyrrole nitrogens is 1. The molecular formula is C29H36F3N3O3. The number of alkyl halides is 3. The molecule has 38 heavy (non-hydrogen) atoms. The molecule has 0 radical (unpaired) electrons. The van der Waals surface area contributed by atoms with E-state index in [1.807, 2.05) is 42.7 Å². The number of Topliss-reactive ketones (excluding diaryl/α,β-unsaturated/α-hetero) is 1. The number of halogens is 3. The van der Waals surface area contributed by atoms with E-state index < -0.39 is 12.2 Å². The van der Waals surface area contributed by atoms with Gasteiger partial charge in [-0.25, -0.2) is 0 Å². The summed E-state index contributed by atoms with van der Waals surface area (Å²) in [5, 5.41) is 0.782. The van der Waals surface area contributed by atoms with Gasteiger partial charge in [0.15, 0.2) is 5.78 Å². The number of rotatable bonds is 8. The van der Waals surface area contributed by atoms with Crippen LogP contribution in [0, 0.1) is 19.8 Å². The van der Waals surface area contributed by atoms with E-state index in [0.717, 1.165) is 16.6 Å². The number of carbonyl (C=O) groups is 1. The highest BCUT2D eigenvalue weighted by atomic mass is 19.4. The van der Waals surface area contributed by atoms with Crippen molar-refractivity contribution >= 4 is 16.7 Å². The Labute approximate surface area is 220 Å². The number of aromatic nitrogens is 2. The summed E-state index contributed by atoms with van der Waals surface area (Å²) >= 11 is 0. The summed E-state index contributed by atoms with van der Waals surface area (Å²) in [7, 11) is 1.49. The zero-order valence-corrected chi connectivity index (χ0v) is 22.6. The number of carbonyl (C=O) groups excluding carboxylic acids is 1. The molecule has 1 saturated heterocycles. The largest absolute Gasteiger partial charge is 0.496 e. The molecule has 0 amide bonds. The van der Waals surface area contributed by atoms with E-state index in [-0.39, 0.29) is 42.6 Å². The van der Waals surface area contributed by atoms with E-state index in [4.69, 9.17) is 4.74 Å². The Morgan fingerprint density at radius 2 is 1.95 bits per heavy atom. The number of pyridine rings is 1. The molecule has 206 valence electrons. The molecule has 1 fully saturated rings. The van der Waals surface area contributed by atoms with E-state index in [9.17, 15) is 22.8 Å². The van der Waals surface area contributed by atoms with Crippen molar-refractivity contribution in [2.24, 2.45) is 5.92 Å². The van der Waals surface area contributed by atoms with Crippen LogP contribution in [0.25, 0.3) is 10.9 Å². The van der Waals surface area contributed by atoms with Crippen molar-refractivity contribution in [2.45, 2.75) is 71.6 Å². The predicted octanol–water partition coefficient (Wildman–Crippen LogP) is 5.99. The first-order valence-corrected chi connectivity index (χ1v) is 13.2. The van der Waals surface area contributed by atoms with Crippen LogP contribution >= 0.6 is 0 Å². The third kappa shape index (κ3) is 5.25. The van der Waals surface area contributed by atoms with Gasteiger partial charge in [-0.05, 0) is 71.2 Å². The van der Waals surface area contributed by atoms with Crippen LogP contribution in [-0.4, -0.2) is 52.7 Å². The highest BCUT2D eigenvalue weighted by Crippen LogP contribution is 2.41. The van der Waals surface area contributed by atoms with Crippen LogP contribution in [0.5, 0.6) is 5.75 Å². The molecule has 0 aliphatic carbocycles. The number of benzene rings is 1. The lowest BCUT2D eigenvalue weighted by atomic mass is 9.85. The van der Waals surface area contributed by atoms with Gasteiger partial charge < -0.3 is 14.3 Å². The molecule has 1 aliphatic heterocycles. The highest BCUT2D eigenvalue weighted by Gasteiger charge is 2.47. The second-order valence-electron chi connectivity index (χ2n) is 10.3. The normalized spacial score (nSPS) is 19.6. The number of ether oxygens (including phenoxy) is 1. The first kappa shape index (κ1) is 28.0. The average molecular weight is 532 g/mol. The fourth-order valence-electron chi connectivity index (χ4n) is 6.15. The van der Waals surface area contributed by atoms with Crippen molar-refractivity contribution in [1.29, 1.82) is 0 Å². The lowest BCUT2D eigenvalue weighted by molar-refractivity contribution is -0.196. The van der Waals surface area contributed by atoms with Gasteiger partial charge in [0.2, 0.25) is 0 Å². The molecule has 1 N–H and O–H groups in total. The van der Waals surface area contributed by atoms with Crippen molar-refractivity contribution in [3.8, 4) is 5.75 Å². The Morgan fingerprint density at radius 3 is 2.61 bits per heavy atom. The molecule has 3 unspecified atom stereocenters. The van der Waals surface area contributed by atoms with Crippen molar-refractivity contribution < 1.29 is 22.7 Å². The van der Waals surface area contributed by atoms with Crippen LogP contribution in [0.4, 0.5) is 13.2 Å². The van der Waals surface area contributed by atoms with E-state index >= 15 is 0 Å². The van der Waals surface area contributed by atoms with Crippen molar-refractivity contribution in [3.05, 3.63) is 63.2 Å². The predicted molar refractivity (Wildman–Crippen MR) is 142 cm³/mol. The minimum Gasteiger partial charge on any atom is -0.496 e. The minimum atomic E-state index is -4.28. The molecule has 0 saturated carbocycles. The monoisotopic (exact) mass is 531 g/mol. The molecule has 4 rings (SSSR count). The maximum atomic E-state index is 13.9. The van der Waals surface area contributed by atoms with Gasteiger partial charge in [0.1, 0.15) is 11.8 Å². The minimum absolute atomic E-state index is 0.0315. The Balaban J connectivity index is 1.66. The van der Waals surface area contributed by atoms with Crippen LogP contribution in [0.3, 0.4) is 0 Å². The van der Waals surface area contributed by atoms with Crippen LogP contribution < -0.4 is 10.3 Å². The third-order valence-electron chi connectivity index (χ3n) is 8.11. The molecule has 1 aliphatic rings. The maximum Gasteiger partial charge on any atom is 0.404 e. The van der Waals surface area contributed by atoms with E-state index in [1.165, 1.54) is 12.0 Å². The van der Waals surface area contributed by atoms with Gasteiger partial charge in [0.25, 0.3) is 5.56 Å². The topological polar surface area (TPSA) is 67.3 Å². The number of nitrogens with one attached hydrogen (secondary N) is 1. The number of ketones is 1. The summed E-state index contributed by atoms with van der Waals surface area (Å²) in [5.74, 6) is 0.155. The van der Waals surface area contributed by atoms with Gasteiger partial charge in [-0.3, -0.25) is 14.5 Å². The highest BCUT2D eigenvalue weighted by molar-refractivity contribution is 6.09. The zero-order valence-electron chi connectivity index (χ0n) is 22.6. The van der Waals surface area contributed by atoms with Gasteiger partial charge in [-0.2, -0.15) is 13.2 Å². The van der Waals surface area contributed by atoms with Crippen molar-refractivity contribution in [3.63, 3.8) is 0 Å². The quantitative estimate of drug-likeness (QED) is 0.363. The molecule has 3 aromatic rings. The molecular weight excluding hydrogens is 495 g/mol. The molecule has 9 heteroatoms. The number of fused-ring (bicyclic) bond motifs is 1. The number of hydrogen-bond donors (Lipinski definition) is 1. The van der Waals surface area contributed by atoms with Gasteiger partial charge in [-0.15, -0.1) is 0 Å².